The largest absolute Gasteiger partial charge is 0.330 e. The number of thiazole rings is 1. The second kappa shape index (κ2) is 5.30. The lowest BCUT2D eigenvalue weighted by Gasteiger charge is -2.34. The van der Waals surface area contributed by atoms with E-state index in [1.54, 1.807) is 22.7 Å². The molecule has 1 aliphatic heterocycles. The maximum Gasteiger partial charge on any atom is 0.269 e. The van der Waals surface area contributed by atoms with E-state index in [1.165, 1.54) is 23.5 Å². The zero-order chi connectivity index (χ0) is 14.1. The van der Waals surface area contributed by atoms with Gasteiger partial charge in [0, 0.05) is 12.2 Å². The Bertz CT molecular complexity index is 629. The highest BCUT2D eigenvalue weighted by molar-refractivity contribution is 7.11. The van der Waals surface area contributed by atoms with Crippen molar-refractivity contribution in [3.05, 3.63) is 46.2 Å². The highest BCUT2D eigenvalue weighted by atomic mass is 32.1. The normalized spacial score (nSPS) is 17.9. The maximum absolute atomic E-state index is 13.4. The number of nitrogens with two attached hydrogens (primary N) is 1. The second-order valence-electron chi connectivity index (χ2n) is 4.86. The molecule has 1 unspecified atom stereocenters. The summed E-state index contributed by atoms with van der Waals surface area (Å²) < 4.78 is 13.4. The van der Waals surface area contributed by atoms with Crippen molar-refractivity contribution in [2.75, 3.05) is 18.0 Å². The number of carbonyl (C=O) groups is 1. The zero-order valence-electron chi connectivity index (χ0n) is 10.8. The first-order chi connectivity index (χ1) is 9.69. The molecular weight excluding hydrogens is 277 g/mol. The van der Waals surface area contributed by atoms with Crippen LogP contribution in [0.4, 0.5) is 10.1 Å². The molecule has 0 radical (unpaired) electrons. The number of amides is 1. The third kappa shape index (κ3) is 2.32. The first kappa shape index (κ1) is 13.2. The van der Waals surface area contributed by atoms with Gasteiger partial charge >= 0.3 is 0 Å². The molecule has 2 heterocycles. The lowest BCUT2D eigenvalue weighted by molar-refractivity contribution is 0.0984. The van der Waals surface area contributed by atoms with Gasteiger partial charge in [0.2, 0.25) is 0 Å². The quantitative estimate of drug-likeness (QED) is 0.921. The van der Waals surface area contributed by atoms with E-state index >= 15 is 0 Å². The van der Waals surface area contributed by atoms with Gasteiger partial charge in [0.15, 0.2) is 0 Å². The van der Waals surface area contributed by atoms with Gasteiger partial charge in [0.05, 0.1) is 11.7 Å². The second-order valence-corrected chi connectivity index (χ2v) is 5.75. The van der Waals surface area contributed by atoms with Gasteiger partial charge in [-0.1, -0.05) is 0 Å². The van der Waals surface area contributed by atoms with Gasteiger partial charge in [-0.25, -0.2) is 4.39 Å². The van der Waals surface area contributed by atoms with Crippen LogP contribution >= 0.6 is 11.3 Å². The number of carbonyl (C=O) groups excluding carboxylic acids is 1. The average Bonchev–Trinajstić information content (AvgIpc) is 2.99. The summed E-state index contributed by atoms with van der Waals surface area (Å²) in [4.78, 5) is 18.7. The molecule has 1 amide bonds. The van der Waals surface area contributed by atoms with E-state index in [9.17, 15) is 9.18 Å². The number of fused-ring (bicyclic) bond motifs is 1. The van der Waals surface area contributed by atoms with Crippen molar-refractivity contribution in [1.82, 2.24) is 4.98 Å². The highest BCUT2D eigenvalue weighted by Gasteiger charge is 2.29. The number of rotatable bonds is 2. The lowest BCUT2D eigenvalue weighted by atomic mass is 9.92. The molecule has 6 heteroatoms. The topological polar surface area (TPSA) is 59.2 Å². The smallest absolute Gasteiger partial charge is 0.269 e. The molecule has 0 saturated heterocycles. The summed E-state index contributed by atoms with van der Waals surface area (Å²) in [5.41, 5.74) is 8.98. The number of anilines is 1. The van der Waals surface area contributed by atoms with Crippen LogP contribution in [0.3, 0.4) is 0 Å². The third-order valence-electron chi connectivity index (χ3n) is 3.50. The highest BCUT2D eigenvalue weighted by Crippen LogP contribution is 2.31. The van der Waals surface area contributed by atoms with E-state index in [4.69, 9.17) is 5.73 Å². The Morgan fingerprint density at radius 3 is 3.10 bits per heavy atom. The van der Waals surface area contributed by atoms with Crippen LogP contribution in [0.15, 0.2) is 29.9 Å². The van der Waals surface area contributed by atoms with Gasteiger partial charge in [-0.15, -0.1) is 11.3 Å². The molecule has 0 spiro atoms. The molecular formula is C14H14FN3OS. The van der Waals surface area contributed by atoms with E-state index in [2.05, 4.69) is 4.98 Å². The van der Waals surface area contributed by atoms with Crippen LogP contribution in [0.2, 0.25) is 0 Å². The Kier molecular flexibility index (Phi) is 3.50. The molecule has 2 N–H and O–H groups in total. The van der Waals surface area contributed by atoms with Gasteiger partial charge in [0.25, 0.3) is 5.91 Å². The molecule has 104 valence electrons. The molecule has 4 nitrogen and oxygen atoms in total. The van der Waals surface area contributed by atoms with Crippen LogP contribution in [0.1, 0.15) is 15.2 Å². The van der Waals surface area contributed by atoms with Gasteiger partial charge < -0.3 is 10.6 Å². The minimum absolute atomic E-state index is 0.0986. The minimum Gasteiger partial charge on any atom is -0.330 e. The summed E-state index contributed by atoms with van der Waals surface area (Å²) in [7, 11) is 0. The van der Waals surface area contributed by atoms with Crippen LogP contribution in [0.25, 0.3) is 0 Å². The maximum atomic E-state index is 13.4. The van der Waals surface area contributed by atoms with Crippen LogP contribution in [-0.4, -0.2) is 24.0 Å². The van der Waals surface area contributed by atoms with Crippen LogP contribution in [0, 0.1) is 11.7 Å². The Hall–Kier alpha value is -1.79. The fourth-order valence-corrected chi connectivity index (χ4v) is 3.09. The number of hydrogen-bond donors (Lipinski definition) is 1. The number of aromatic nitrogens is 1. The SMILES string of the molecule is NCC1Cc2cc(F)ccc2N(C(=O)c2cncs2)C1. The number of nitrogens with zero attached hydrogens (tertiary/aromatic N) is 2. The van der Waals surface area contributed by atoms with E-state index in [-0.39, 0.29) is 17.6 Å². The molecule has 0 fully saturated rings. The zero-order valence-corrected chi connectivity index (χ0v) is 11.6. The monoisotopic (exact) mass is 291 g/mol. The van der Waals surface area contributed by atoms with E-state index in [0.717, 1.165) is 11.3 Å². The summed E-state index contributed by atoms with van der Waals surface area (Å²) in [6.07, 6.45) is 2.26. The van der Waals surface area contributed by atoms with Crippen molar-refractivity contribution >= 4 is 22.9 Å². The van der Waals surface area contributed by atoms with Crippen LogP contribution in [-0.2, 0) is 6.42 Å². The summed E-state index contributed by atoms with van der Waals surface area (Å²) in [5.74, 6) is -0.230. The molecule has 1 aromatic heterocycles. The molecule has 20 heavy (non-hydrogen) atoms. The fraction of sp³-hybridized carbons (Fsp3) is 0.286. The summed E-state index contributed by atoms with van der Waals surface area (Å²) in [5, 5.41) is 0. The van der Waals surface area contributed by atoms with Crippen molar-refractivity contribution in [3.8, 4) is 0 Å². The molecule has 1 aromatic carbocycles. The van der Waals surface area contributed by atoms with E-state index in [0.29, 0.717) is 24.4 Å². The van der Waals surface area contributed by atoms with E-state index < -0.39 is 0 Å². The molecule has 3 rings (SSSR count). The standard InChI is InChI=1S/C14H14FN3OS/c15-11-1-2-12-10(4-11)3-9(5-16)7-18(12)14(19)13-6-17-8-20-13/h1-2,4,6,8-9H,3,5,7,16H2. The average molecular weight is 291 g/mol. The van der Waals surface area contributed by atoms with Crippen molar-refractivity contribution in [1.29, 1.82) is 0 Å². The van der Waals surface area contributed by atoms with Crippen molar-refractivity contribution in [2.24, 2.45) is 11.7 Å². The Labute approximate surface area is 120 Å². The van der Waals surface area contributed by atoms with Crippen LogP contribution in [0.5, 0.6) is 0 Å². The van der Waals surface area contributed by atoms with E-state index in [1.807, 2.05) is 0 Å². The van der Waals surface area contributed by atoms with Crippen molar-refractivity contribution in [3.63, 3.8) is 0 Å². The number of hydrogen-bond acceptors (Lipinski definition) is 4. The Morgan fingerprint density at radius 1 is 1.55 bits per heavy atom. The Morgan fingerprint density at radius 2 is 2.40 bits per heavy atom. The predicted octanol–water partition coefficient (Wildman–Crippen LogP) is 2.06. The van der Waals surface area contributed by atoms with Gasteiger partial charge in [-0.05, 0) is 42.6 Å². The van der Waals surface area contributed by atoms with Gasteiger partial charge in [-0.3, -0.25) is 9.78 Å². The first-order valence-electron chi connectivity index (χ1n) is 6.38. The van der Waals surface area contributed by atoms with Crippen LogP contribution < -0.4 is 10.6 Å². The molecule has 0 aliphatic carbocycles. The van der Waals surface area contributed by atoms with Gasteiger partial charge in [-0.2, -0.15) is 0 Å². The first-order valence-corrected chi connectivity index (χ1v) is 7.26. The minimum atomic E-state index is -0.286. The molecule has 1 atom stereocenters. The lowest BCUT2D eigenvalue weighted by Crippen LogP contribution is -2.42. The molecule has 0 saturated carbocycles. The molecule has 1 aliphatic rings. The summed E-state index contributed by atoms with van der Waals surface area (Å²) in [6, 6.07) is 4.54. The molecule has 0 bridgehead atoms. The number of halogens is 1. The predicted molar refractivity (Wildman–Crippen MR) is 76.4 cm³/mol. The summed E-state index contributed by atoms with van der Waals surface area (Å²) in [6.45, 7) is 1.04. The third-order valence-corrected chi connectivity index (χ3v) is 4.26. The van der Waals surface area contributed by atoms with Crippen molar-refractivity contribution in [2.45, 2.75) is 6.42 Å². The van der Waals surface area contributed by atoms with Gasteiger partial charge in [0.1, 0.15) is 10.7 Å². The molecule has 2 aromatic rings. The summed E-state index contributed by atoms with van der Waals surface area (Å²) >= 11 is 1.30. The fourth-order valence-electron chi connectivity index (χ4n) is 2.52. The van der Waals surface area contributed by atoms with Crippen molar-refractivity contribution < 1.29 is 9.18 Å². The number of benzene rings is 1. The Balaban J connectivity index is 2.00.